The molecule has 0 saturated carbocycles. The van der Waals surface area contributed by atoms with Crippen molar-refractivity contribution < 1.29 is 8.81 Å². The number of aromatic nitrogens is 2. The van der Waals surface area contributed by atoms with E-state index in [1.165, 1.54) is 12.3 Å². The van der Waals surface area contributed by atoms with Crippen LogP contribution in [-0.2, 0) is 0 Å². The van der Waals surface area contributed by atoms with Crippen LogP contribution in [0.5, 0.6) is 0 Å². The molecule has 84 valence electrons. The van der Waals surface area contributed by atoms with Crippen molar-refractivity contribution >= 4 is 16.9 Å². The van der Waals surface area contributed by atoms with E-state index in [2.05, 4.69) is 9.97 Å². The van der Waals surface area contributed by atoms with Crippen molar-refractivity contribution in [1.29, 1.82) is 0 Å². The quantitative estimate of drug-likeness (QED) is 0.696. The molecule has 0 amide bonds. The van der Waals surface area contributed by atoms with Crippen LogP contribution < -0.4 is 5.73 Å². The van der Waals surface area contributed by atoms with Crippen LogP contribution in [0, 0.1) is 5.82 Å². The van der Waals surface area contributed by atoms with Crippen LogP contribution in [0.2, 0.25) is 0 Å². The Morgan fingerprint density at radius 3 is 2.76 bits per heavy atom. The molecule has 5 heteroatoms. The highest BCUT2D eigenvalue weighted by Crippen LogP contribution is 2.27. The van der Waals surface area contributed by atoms with Crippen molar-refractivity contribution in [2.24, 2.45) is 0 Å². The summed E-state index contributed by atoms with van der Waals surface area (Å²) in [5.41, 5.74) is 7.21. The van der Waals surface area contributed by atoms with Gasteiger partial charge in [-0.25, -0.2) is 9.37 Å². The summed E-state index contributed by atoms with van der Waals surface area (Å²) in [7, 11) is 0. The first-order chi connectivity index (χ1) is 8.25. The van der Waals surface area contributed by atoms with E-state index in [-0.39, 0.29) is 5.89 Å². The third-order valence-electron chi connectivity index (χ3n) is 2.43. The maximum absolute atomic E-state index is 13.6. The fourth-order valence-electron chi connectivity index (χ4n) is 1.60. The molecule has 1 aromatic carbocycles. The molecule has 2 heterocycles. The normalized spacial score (nSPS) is 10.9. The number of hydrogen-bond acceptors (Lipinski definition) is 4. The van der Waals surface area contributed by atoms with E-state index < -0.39 is 5.82 Å². The first kappa shape index (κ1) is 9.77. The third kappa shape index (κ3) is 1.52. The second-order valence-electron chi connectivity index (χ2n) is 3.55. The number of benzene rings is 1. The summed E-state index contributed by atoms with van der Waals surface area (Å²) in [6.07, 6.45) is 1.53. The molecular formula is C12H8FN3O. The Morgan fingerprint density at radius 1 is 1.18 bits per heavy atom. The molecule has 0 bridgehead atoms. The maximum Gasteiger partial charge on any atom is 0.231 e. The number of nitrogens with zero attached hydrogens (tertiary/aromatic N) is 2. The standard InChI is InChI=1S/C12H8FN3O/c13-8-4-2-1-3-7(8)12-16-11-10(17-12)9(14)5-6-15-11/h1-6H,(H2,14,15). The van der Waals surface area contributed by atoms with E-state index in [9.17, 15) is 4.39 Å². The van der Waals surface area contributed by atoms with Crippen molar-refractivity contribution in [3.63, 3.8) is 0 Å². The van der Waals surface area contributed by atoms with E-state index in [0.717, 1.165) is 0 Å². The van der Waals surface area contributed by atoms with Crippen molar-refractivity contribution in [3.8, 4) is 11.5 Å². The summed E-state index contributed by atoms with van der Waals surface area (Å²) < 4.78 is 19.0. The molecular weight excluding hydrogens is 221 g/mol. The van der Waals surface area contributed by atoms with Gasteiger partial charge in [-0.2, -0.15) is 4.98 Å². The molecule has 0 atom stereocenters. The van der Waals surface area contributed by atoms with Crippen LogP contribution in [0.1, 0.15) is 0 Å². The van der Waals surface area contributed by atoms with Crippen LogP contribution in [0.25, 0.3) is 22.7 Å². The van der Waals surface area contributed by atoms with Gasteiger partial charge in [0.1, 0.15) is 5.82 Å². The Balaban J connectivity index is 2.26. The van der Waals surface area contributed by atoms with E-state index in [1.807, 2.05) is 0 Å². The van der Waals surface area contributed by atoms with Crippen molar-refractivity contribution in [2.45, 2.75) is 0 Å². The second-order valence-corrected chi connectivity index (χ2v) is 3.55. The molecule has 2 aromatic heterocycles. The summed E-state index contributed by atoms with van der Waals surface area (Å²) in [6.45, 7) is 0. The Labute approximate surface area is 95.9 Å². The molecule has 0 radical (unpaired) electrons. The fourth-order valence-corrected chi connectivity index (χ4v) is 1.60. The summed E-state index contributed by atoms with van der Waals surface area (Å²) in [4.78, 5) is 8.12. The summed E-state index contributed by atoms with van der Waals surface area (Å²) >= 11 is 0. The van der Waals surface area contributed by atoms with E-state index in [1.54, 1.807) is 24.3 Å². The molecule has 0 saturated heterocycles. The van der Waals surface area contributed by atoms with Crippen molar-refractivity contribution in [1.82, 2.24) is 9.97 Å². The number of nitrogens with two attached hydrogens (primary N) is 1. The zero-order chi connectivity index (χ0) is 11.8. The van der Waals surface area contributed by atoms with E-state index >= 15 is 0 Å². The minimum atomic E-state index is -0.391. The largest absolute Gasteiger partial charge is 0.432 e. The minimum absolute atomic E-state index is 0.184. The van der Waals surface area contributed by atoms with Gasteiger partial charge >= 0.3 is 0 Å². The van der Waals surface area contributed by atoms with E-state index in [0.29, 0.717) is 22.5 Å². The van der Waals surface area contributed by atoms with E-state index in [4.69, 9.17) is 10.2 Å². The Kier molecular flexibility index (Phi) is 2.04. The molecule has 4 nitrogen and oxygen atoms in total. The van der Waals surface area contributed by atoms with Gasteiger partial charge in [0.25, 0.3) is 0 Å². The smallest absolute Gasteiger partial charge is 0.231 e. The second kappa shape index (κ2) is 3.55. The molecule has 0 aliphatic carbocycles. The monoisotopic (exact) mass is 229 g/mol. The predicted molar refractivity (Wildman–Crippen MR) is 61.6 cm³/mol. The number of fused-ring (bicyclic) bond motifs is 1. The van der Waals surface area contributed by atoms with Crippen LogP contribution in [0.15, 0.2) is 40.9 Å². The number of rotatable bonds is 1. The first-order valence-corrected chi connectivity index (χ1v) is 5.01. The number of anilines is 1. The molecule has 2 N–H and O–H groups in total. The molecule has 0 aliphatic rings. The molecule has 17 heavy (non-hydrogen) atoms. The predicted octanol–water partition coefficient (Wildman–Crippen LogP) is 2.61. The SMILES string of the molecule is Nc1ccnc2nc(-c3ccccc3F)oc12. The number of nitrogen functional groups attached to an aromatic ring is 1. The van der Waals surface area contributed by atoms with Gasteiger partial charge in [0.2, 0.25) is 11.5 Å². The highest BCUT2D eigenvalue weighted by molar-refractivity contribution is 5.83. The average Bonchev–Trinajstić information content (AvgIpc) is 2.75. The van der Waals surface area contributed by atoms with Gasteiger partial charge in [-0.1, -0.05) is 12.1 Å². The number of halogens is 1. The lowest BCUT2D eigenvalue weighted by Crippen LogP contribution is -1.85. The summed E-state index contributed by atoms with van der Waals surface area (Å²) in [6, 6.07) is 7.87. The first-order valence-electron chi connectivity index (χ1n) is 5.01. The van der Waals surface area contributed by atoms with Gasteiger partial charge in [0.15, 0.2) is 5.58 Å². The lowest BCUT2D eigenvalue weighted by atomic mass is 10.2. The molecule has 0 fully saturated rings. The molecule has 0 unspecified atom stereocenters. The number of hydrogen-bond donors (Lipinski definition) is 1. The Morgan fingerprint density at radius 2 is 2.00 bits per heavy atom. The number of pyridine rings is 1. The molecule has 3 rings (SSSR count). The lowest BCUT2D eigenvalue weighted by Gasteiger charge is -1.95. The van der Waals surface area contributed by atoms with Crippen LogP contribution in [-0.4, -0.2) is 9.97 Å². The molecule has 0 spiro atoms. The highest BCUT2D eigenvalue weighted by atomic mass is 19.1. The number of oxazole rings is 1. The van der Waals surface area contributed by atoms with Crippen LogP contribution >= 0.6 is 0 Å². The van der Waals surface area contributed by atoms with Gasteiger partial charge in [-0.15, -0.1) is 0 Å². The van der Waals surface area contributed by atoms with Gasteiger partial charge in [-0.3, -0.25) is 0 Å². The van der Waals surface area contributed by atoms with Gasteiger partial charge in [0, 0.05) is 6.20 Å². The summed E-state index contributed by atoms with van der Waals surface area (Å²) in [5.74, 6) is -0.207. The molecule has 3 aromatic rings. The Bertz CT molecular complexity index is 693. The average molecular weight is 229 g/mol. The van der Waals surface area contributed by atoms with Gasteiger partial charge < -0.3 is 10.2 Å². The highest BCUT2D eigenvalue weighted by Gasteiger charge is 2.13. The summed E-state index contributed by atoms with van der Waals surface area (Å²) in [5, 5.41) is 0. The van der Waals surface area contributed by atoms with Crippen molar-refractivity contribution in [2.75, 3.05) is 5.73 Å². The molecule has 0 aliphatic heterocycles. The zero-order valence-electron chi connectivity index (χ0n) is 8.72. The zero-order valence-corrected chi connectivity index (χ0v) is 8.72. The fraction of sp³-hybridized carbons (Fsp3) is 0. The van der Waals surface area contributed by atoms with Crippen LogP contribution in [0.4, 0.5) is 10.1 Å². The van der Waals surface area contributed by atoms with Crippen LogP contribution in [0.3, 0.4) is 0 Å². The van der Waals surface area contributed by atoms with Gasteiger partial charge in [0.05, 0.1) is 11.3 Å². The third-order valence-corrected chi connectivity index (χ3v) is 2.43. The Hall–Kier alpha value is -2.43. The maximum atomic E-state index is 13.6. The minimum Gasteiger partial charge on any atom is -0.432 e. The van der Waals surface area contributed by atoms with Gasteiger partial charge in [-0.05, 0) is 18.2 Å². The van der Waals surface area contributed by atoms with Crippen molar-refractivity contribution in [3.05, 3.63) is 42.3 Å². The topological polar surface area (TPSA) is 64.9 Å². The lowest BCUT2D eigenvalue weighted by molar-refractivity contribution is 0.594.